The molecule has 3 rings (SSSR count). The number of nitrogens with zero attached hydrogens (tertiary/aromatic N) is 2. The van der Waals surface area contributed by atoms with Gasteiger partial charge in [-0.1, -0.05) is 24.4 Å². The number of sulfonamides is 1. The molecule has 2 fully saturated rings. The second-order valence-corrected chi connectivity index (χ2v) is 9.65. The third kappa shape index (κ3) is 5.44. The number of halogens is 1. The first-order valence-corrected chi connectivity index (χ1v) is 11.6. The van der Waals surface area contributed by atoms with Gasteiger partial charge in [-0.25, -0.2) is 8.42 Å². The number of hydrogen-bond acceptors (Lipinski definition) is 4. The van der Waals surface area contributed by atoms with E-state index < -0.39 is 10.0 Å². The lowest BCUT2D eigenvalue weighted by Gasteiger charge is -2.19. The summed E-state index contributed by atoms with van der Waals surface area (Å²) in [5, 5.41) is 3.13. The highest BCUT2D eigenvalue weighted by molar-refractivity contribution is 7.89. The Morgan fingerprint density at radius 3 is 2.30 bits per heavy atom. The molecule has 0 aromatic heterocycles. The molecule has 0 aliphatic carbocycles. The number of carbonyl (C=O) groups excluding carboxylic acids is 1. The third-order valence-electron chi connectivity index (χ3n) is 5.27. The van der Waals surface area contributed by atoms with Crippen LogP contribution in [-0.4, -0.2) is 56.3 Å². The zero-order valence-corrected chi connectivity index (χ0v) is 17.2. The van der Waals surface area contributed by atoms with Gasteiger partial charge in [0.15, 0.2) is 0 Å². The Balaban J connectivity index is 1.63. The highest BCUT2D eigenvalue weighted by Crippen LogP contribution is 2.28. The van der Waals surface area contributed by atoms with Gasteiger partial charge in [-0.15, -0.1) is 0 Å². The summed E-state index contributed by atoms with van der Waals surface area (Å²) in [4.78, 5) is 14.9. The Morgan fingerprint density at radius 1 is 1.00 bits per heavy atom. The SMILES string of the molecule is O=C(CCN1CCCCCC1)Nc1cc(S(=O)(=O)N2CCCC2)ccc1Cl. The lowest BCUT2D eigenvalue weighted by molar-refractivity contribution is -0.116. The van der Waals surface area contributed by atoms with Crippen molar-refractivity contribution in [2.45, 2.75) is 49.8 Å². The minimum atomic E-state index is -3.53. The summed E-state index contributed by atoms with van der Waals surface area (Å²) < 4.78 is 26.9. The summed E-state index contributed by atoms with van der Waals surface area (Å²) in [5.41, 5.74) is 0.359. The van der Waals surface area contributed by atoms with Crippen molar-refractivity contribution in [2.24, 2.45) is 0 Å². The van der Waals surface area contributed by atoms with Gasteiger partial charge in [-0.3, -0.25) is 4.79 Å². The molecule has 0 saturated carbocycles. The van der Waals surface area contributed by atoms with E-state index in [9.17, 15) is 13.2 Å². The first-order valence-electron chi connectivity index (χ1n) is 9.79. The van der Waals surface area contributed by atoms with E-state index in [4.69, 9.17) is 11.6 Å². The number of hydrogen-bond donors (Lipinski definition) is 1. The average Bonchev–Trinajstić information content (AvgIpc) is 3.07. The number of amides is 1. The molecular formula is C19H28ClN3O3S. The minimum absolute atomic E-state index is 0.142. The van der Waals surface area contributed by atoms with Crippen molar-refractivity contribution in [1.29, 1.82) is 0 Å². The molecule has 0 unspecified atom stereocenters. The highest BCUT2D eigenvalue weighted by atomic mass is 35.5. The van der Waals surface area contributed by atoms with Crippen LogP contribution in [0.25, 0.3) is 0 Å². The molecule has 0 bridgehead atoms. The number of likely N-dealkylation sites (tertiary alicyclic amines) is 1. The first-order chi connectivity index (χ1) is 13.0. The Morgan fingerprint density at radius 2 is 1.63 bits per heavy atom. The number of carbonyl (C=O) groups is 1. The lowest BCUT2D eigenvalue weighted by Crippen LogP contribution is -2.29. The van der Waals surface area contributed by atoms with Gasteiger partial charge in [0.05, 0.1) is 15.6 Å². The van der Waals surface area contributed by atoms with E-state index in [2.05, 4.69) is 10.2 Å². The topological polar surface area (TPSA) is 69.7 Å². The molecule has 8 heteroatoms. The largest absolute Gasteiger partial charge is 0.325 e. The molecule has 0 atom stereocenters. The van der Waals surface area contributed by atoms with E-state index in [0.717, 1.165) is 32.5 Å². The molecule has 1 aromatic rings. The van der Waals surface area contributed by atoms with E-state index in [1.807, 2.05) is 0 Å². The fraction of sp³-hybridized carbons (Fsp3) is 0.632. The molecule has 150 valence electrons. The third-order valence-corrected chi connectivity index (χ3v) is 7.49. The van der Waals surface area contributed by atoms with Gasteiger partial charge in [-0.05, 0) is 57.0 Å². The maximum absolute atomic E-state index is 12.7. The Hall–Kier alpha value is -1.15. The zero-order chi connectivity index (χ0) is 19.3. The molecule has 1 N–H and O–H groups in total. The average molecular weight is 414 g/mol. The number of anilines is 1. The van der Waals surface area contributed by atoms with Crippen molar-refractivity contribution in [1.82, 2.24) is 9.21 Å². The van der Waals surface area contributed by atoms with Gasteiger partial charge in [0.2, 0.25) is 15.9 Å². The molecule has 2 aliphatic heterocycles. The molecule has 2 aliphatic rings. The minimum Gasteiger partial charge on any atom is -0.325 e. The smallest absolute Gasteiger partial charge is 0.243 e. The van der Waals surface area contributed by atoms with E-state index >= 15 is 0 Å². The fourth-order valence-electron chi connectivity index (χ4n) is 3.67. The fourth-order valence-corrected chi connectivity index (χ4v) is 5.38. The van der Waals surface area contributed by atoms with Gasteiger partial charge in [-0.2, -0.15) is 4.31 Å². The highest BCUT2D eigenvalue weighted by Gasteiger charge is 2.27. The Bertz CT molecular complexity index is 755. The Kier molecular flexibility index (Phi) is 7.14. The van der Waals surface area contributed by atoms with Crippen molar-refractivity contribution in [2.75, 3.05) is 38.0 Å². The van der Waals surface area contributed by atoms with Crippen LogP contribution in [0.5, 0.6) is 0 Å². The van der Waals surface area contributed by atoms with Crippen LogP contribution in [-0.2, 0) is 14.8 Å². The van der Waals surface area contributed by atoms with Crippen molar-refractivity contribution in [3.63, 3.8) is 0 Å². The quantitative estimate of drug-likeness (QED) is 0.776. The summed E-state index contributed by atoms with van der Waals surface area (Å²) in [7, 11) is -3.53. The maximum atomic E-state index is 12.7. The van der Waals surface area contributed by atoms with Crippen LogP contribution in [0.1, 0.15) is 44.9 Å². The second kappa shape index (κ2) is 9.37. The Labute approximate surface area is 166 Å². The molecule has 2 saturated heterocycles. The van der Waals surface area contributed by atoms with E-state index in [1.54, 1.807) is 0 Å². The predicted molar refractivity (Wildman–Crippen MR) is 108 cm³/mol. The molecule has 1 aromatic carbocycles. The van der Waals surface area contributed by atoms with Gasteiger partial charge >= 0.3 is 0 Å². The van der Waals surface area contributed by atoms with Gasteiger partial charge in [0, 0.05) is 26.1 Å². The second-order valence-electron chi connectivity index (χ2n) is 7.31. The van der Waals surface area contributed by atoms with Gasteiger partial charge < -0.3 is 10.2 Å². The van der Waals surface area contributed by atoms with Crippen LogP contribution in [0, 0.1) is 0 Å². The van der Waals surface area contributed by atoms with Crippen molar-refractivity contribution >= 4 is 33.2 Å². The number of rotatable bonds is 6. The van der Waals surface area contributed by atoms with Crippen molar-refractivity contribution < 1.29 is 13.2 Å². The monoisotopic (exact) mass is 413 g/mol. The molecule has 1 amide bonds. The normalized spacial score (nSPS) is 19.7. The van der Waals surface area contributed by atoms with Gasteiger partial charge in [0.1, 0.15) is 0 Å². The molecule has 0 spiro atoms. The van der Waals surface area contributed by atoms with Crippen LogP contribution >= 0.6 is 11.6 Å². The lowest BCUT2D eigenvalue weighted by atomic mass is 10.2. The zero-order valence-electron chi connectivity index (χ0n) is 15.6. The first kappa shape index (κ1) is 20.6. The summed E-state index contributed by atoms with van der Waals surface area (Å²) in [6, 6.07) is 4.51. The molecular weight excluding hydrogens is 386 g/mol. The maximum Gasteiger partial charge on any atom is 0.243 e. The summed E-state index contributed by atoms with van der Waals surface area (Å²) in [5.74, 6) is -0.142. The van der Waals surface area contributed by atoms with Crippen molar-refractivity contribution in [3.05, 3.63) is 23.2 Å². The van der Waals surface area contributed by atoms with E-state index in [1.165, 1.54) is 48.2 Å². The molecule has 2 heterocycles. The molecule has 27 heavy (non-hydrogen) atoms. The van der Waals surface area contributed by atoms with Crippen LogP contribution in [0.4, 0.5) is 5.69 Å². The van der Waals surface area contributed by atoms with Crippen LogP contribution in [0.15, 0.2) is 23.1 Å². The van der Waals surface area contributed by atoms with Gasteiger partial charge in [0.25, 0.3) is 0 Å². The predicted octanol–water partition coefficient (Wildman–Crippen LogP) is 3.33. The van der Waals surface area contributed by atoms with Crippen LogP contribution in [0.3, 0.4) is 0 Å². The standard InChI is InChI=1S/C19H28ClN3O3S/c20-17-8-7-16(27(25,26)23-12-5-6-13-23)15-18(17)21-19(24)9-14-22-10-3-1-2-4-11-22/h7-8,15H,1-6,9-14H2,(H,21,24). The number of benzene rings is 1. The van der Waals surface area contributed by atoms with Crippen LogP contribution in [0.2, 0.25) is 5.02 Å². The van der Waals surface area contributed by atoms with E-state index in [-0.39, 0.29) is 10.8 Å². The summed E-state index contributed by atoms with van der Waals surface area (Å²) >= 11 is 6.19. The van der Waals surface area contributed by atoms with E-state index in [0.29, 0.717) is 30.2 Å². The summed E-state index contributed by atoms with van der Waals surface area (Å²) in [6.45, 7) is 3.88. The molecule has 6 nitrogen and oxygen atoms in total. The van der Waals surface area contributed by atoms with Crippen molar-refractivity contribution in [3.8, 4) is 0 Å². The summed E-state index contributed by atoms with van der Waals surface area (Å²) in [6.07, 6.45) is 7.03. The van der Waals surface area contributed by atoms with Crippen LogP contribution < -0.4 is 5.32 Å². The number of nitrogens with one attached hydrogen (secondary N) is 1. The molecule has 0 radical (unpaired) electrons.